The number of hydrogen-bond acceptors (Lipinski definition) is 1. The molecule has 0 aromatic heterocycles. The second-order valence-corrected chi connectivity index (χ2v) is 4.26. The van der Waals surface area contributed by atoms with Crippen LogP contribution in [0.5, 0.6) is 5.75 Å². The second kappa shape index (κ2) is 7.44. The number of hydrogen-bond donors (Lipinski definition) is 0. The van der Waals surface area contributed by atoms with E-state index in [1.807, 2.05) is 0 Å². The Morgan fingerprint density at radius 3 is 2.56 bits per heavy atom. The molecule has 16 heavy (non-hydrogen) atoms. The summed E-state index contributed by atoms with van der Waals surface area (Å²) in [5, 5.41) is 0.977. The summed E-state index contributed by atoms with van der Waals surface area (Å²) in [6, 6.07) is 6.99. The molecule has 0 saturated carbocycles. The molecule has 3 heteroatoms. The van der Waals surface area contributed by atoms with Gasteiger partial charge < -0.3 is 4.74 Å². The Hall–Kier alpha value is -0.830. The van der Waals surface area contributed by atoms with Crippen LogP contribution in [0.25, 0.3) is 5.83 Å². The molecule has 0 bridgehead atoms. The zero-order chi connectivity index (χ0) is 11.8. The maximum atomic E-state index is 13.6. The van der Waals surface area contributed by atoms with Crippen LogP contribution in [0.4, 0.5) is 4.39 Å². The van der Waals surface area contributed by atoms with E-state index in [1.54, 1.807) is 37.5 Å². The van der Waals surface area contributed by atoms with Crippen LogP contribution in [0, 0.1) is 0 Å². The van der Waals surface area contributed by atoms with E-state index in [4.69, 9.17) is 4.74 Å². The van der Waals surface area contributed by atoms with Crippen LogP contribution in [-0.2, 0) is 0 Å². The van der Waals surface area contributed by atoms with Gasteiger partial charge in [-0.05, 0) is 49.6 Å². The molecule has 0 spiro atoms. The highest BCUT2D eigenvalue weighted by Crippen LogP contribution is 2.20. The number of methoxy groups -OCH3 is 1. The Labute approximate surface area is 104 Å². The molecular formula is C13H16BrFO. The lowest BCUT2D eigenvalue weighted by molar-refractivity contribution is 0.414. The van der Waals surface area contributed by atoms with Crippen LogP contribution < -0.4 is 4.74 Å². The summed E-state index contributed by atoms with van der Waals surface area (Å²) in [5.41, 5.74) is 0.611. The lowest BCUT2D eigenvalue weighted by Gasteiger charge is -2.01. The summed E-state index contributed by atoms with van der Waals surface area (Å²) in [4.78, 5) is 0. The van der Waals surface area contributed by atoms with Crippen molar-refractivity contribution in [1.82, 2.24) is 0 Å². The topological polar surface area (TPSA) is 9.23 Å². The van der Waals surface area contributed by atoms with Gasteiger partial charge in [-0.15, -0.1) is 0 Å². The van der Waals surface area contributed by atoms with Gasteiger partial charge in [-0.25, -0.2) is 4.39 Å². The highest BCUT2D eigenvalue weighted by Gasteiger charge is 1.99. The van der Waals surface area contributed by atoms with Crippen molar-refractivity contribution < 1.29 is 9.13 Å². The van der Waals surface area contributed by atoms with Gasteiger partial charge in [0.1, 0.15) is 11.6 Å². The van der Waals surface area contributed by atoms with Crippen LogP contribution in [0.1, 0.15) is 24.8 Å². The van der Waals surface area contributed by atoms with E-state index < -0.39 is 0 Å². The fourth-order valence-corrected chi connectivity index (χ4v) is 1.73. The van der Waals surface area contributed by atoms with Gasteiger partial charge in [-0.1, -0.05) is 15.9 Å². The molecule has 0 heterocycles. The third kappa shape index (κ3) is 4.35. The largest absolute Gasteiger partial charge is 0.497 e. The quantitative estimate of drug-likeness (QED) is 0.550. The first kappa shape index (κ1) is 13.2. The zero-order valence-corrected chi connectivity index (χ0v) is 11.0. The number of alkyl halides is 1. The van der Waals surface area contributed by atoms with Crippen molar-refractivity contribution in [3.05, 3.63) is 35.9 Å². The molecule has 1 aromatic rings. The Balaban J connectivity index is 2.54. The summed E-state index contributed by atoms with van der Waals surface area (Å²) in [6.45, 7) is 0. The molecule has 1 aromatic carbocycles. The molecule has 0 atom stereocenters. The Morgan fingerprint density at radius 1 is 1.31 bits per heavy atom. The molecule has 1 rings (SSSR count). The van der Waals surface area contributed by atoms with Gasteiger partial charge in [0.05, 0.1) is 7.11 Å². The number of benzene rings is 1. The average molecular weight is 287 g/mol. The molecule has 0 unspecified atom stereocenters. The van der Waals surface area contributed by atoms with Crippen LogP contribution in [-0.4, -0.2) is 12.4 Å². The minimum absolute atomic E-state index is 0.155. The molecule has 0 fully saturated rings. The number of unbranched alkanes of at least 4 members (excludes halogenated alkanes) is 2. The Kier molecular flexibility index (Phi) is 6.16. The van der Waals surface area contributed by atoms with E-state index in [9.17, 15) is 4.39 Å². The van der Waals surface area contributed by atoms with Crippen LogP contribution in [0.2, 0.25) is 0 Å². The normalized spacial score (nSPS) is 11.6. The molecule has 0 aliphatic heterocycles. The van der Waals surface area contributed by atoms with Crippen LogP contribution in [0.3, 0.4) is 0 Å². The van der Waals surface area contributed by atoms with Gasteiger partial charge >= 0.3 is 0 Å². The van der Waals surface area contributed by atoms with Crippen LogP contribution >= 0.6 is 15.9 Å². The molecule has 0 N–H and O–H groups in total. The number of rotatable bonds is 6. The first-order valence-corrected chi connectivity index (χ1v) is 6.46. The summed E-state index contributed by atoms with van der Waals surface area (Å²) < 4.78 is 18.6. The van der Waals surface area contributed by atoms with Gasteiger partial charge in [-0.3, -0.25) is 0 Å². The van der Waals surface area contributed by atoms with E-state index in [2.05, 4.69) is 15.9 Å². The molecule has 0 saturated heterocycles. The summed E-state index contributed by atoms with van der Waals surface area (Å²) in [5.74, 6) is 0.591. The Bertz CT molecular complexity index is 332. The number of allylic oxidation sites excluding steroid dienone is 1. The summed E-state index contributed by atoms with van der Waals surface area (Å²) >= 11 is 3.35. The number of halogens is 2. The van der Waals surface area contributed by atoms with Gasteiger partial charge in [0, 0.05) is 10.9 Å². The molecule has 0 radical (unpaired) electrons. The highest BCUT2D eigenvalue weighted by molar-refractivity contribution is 9.09. The molecule has 0 aliphatic rings. The predicted molar refractivity (Wildman–Crippen MR) is 69.7 cm³/mol. The molecule has 88 valence electrons. The minimum atomic E-state index is -0.155. The van der Waals surface area contributed by atoms with Crippen molar-refractivity contribution in [2.24, 2.45) is 0 Å². The fourth-order valence-electron chi connectivity index (χ4n) is 1.34. The summed E-state index contributed by atoms with van der Waals surface area (Å²) in [6.07, 6.45) is 4.51. The standard InChI is InChI=1S/C13H16BrFO/c1-16-12-8-6-11(7-9-12)13(15)5-3-2-4-10-14/h5-9H,2-4,10H2,1H3. The predicted octanol–water partition coefficient (Wildman–Crippen LogP) is 4.57. The third-order valence-electron chi connectivity index (χ3n) is 2.28. The Morgan fingerprint density at radius 2 is 2.00 bits per heavy atom. The monoisotopic (exact) mass is 286 g/mol. The highest BCUT2D eigenvalue weighted by atomic mass is 79.9. The second-order valence-electron chi connectivity index (χ2n) is 3.47. The van der Waals surface area contributed by atoms with Gasteiger partial charge in [0.2, 0.25) is 0 Å². The minimum Gasteiger partial charge on any atom is -0.497 e. The van der Waals surface area contributed by atoms with Crippen molar-refractivity contribution >= 4 is 21.8 Å². The molecular weight excluding hydrogens is 271 g/mol. The van der Waals surface area contributed by atoms with E-state index >= 15 is 0 Å². The maximum Gasteiger partial charge on any atom is 0.126 e. The van der Waals surface area contributed by atoms with Gasteiger partial charge in [0.15, 0.2) is 0 Å². The van der Waals surface area contributed by atoms with Crippen molar-refractivity contribution in [2.75, 3.05) is 12.4 Å². The number of ether oxygens (including phenoxy) is 1. The zero-order valence-electron chi connectivity index (χ0n) is 9.38. The van der Waals surface area contributed by atoms with Gasteiger partial charge in [0.25, 0.3) is 0 Å². The fraction of sp³-hybridized carbons (Fsp3) is 0.385. The van der Waals surface area contributed by atoms with Crippen molar-refractivity contribution in [3.63, 3.8) is 0 Å². The lowest BCUT2D eigenvalue weighted by atomic mass is 10.1. The summed E-state index contributed by atoms with van der Waals surface area (Å²) in [7, 11) is 1.60. The first-order valence-electron chi connectivity index (χ1n) is 5.34. The van der Waals surface area contributed by atoms with E-state index in [0.29, 0.717) is 5.56 Å². The molecule has 0 aliphatic carbocycles. The third-order valence-corrected chi connectivity index (χ3v) is 2.84. The van der Waals surface area contributed by atoms with Crippen molar-refractivity contribution in [3.8, 4) is 5.75 Å². The van der Waals surface area contributed by atoms with Gasteiger partial charge in [-0.2, -0.15) is 0 Å². The van der Waals surface area contributed by atoms with Crippen LogP contribution in [0.15, 0.2) is 30.3 Å². The van der Waals surface area contributed by atoms with E-state index in [1.165, 1.54) is 0 Å². The lowest BCUT2D eigenvalue weighted by Crippen LogP contribution is -1.83. The molecule has 1 nitrogen and oxygen atoms in total. The first-order chi connectivity index (χ1) is 7.77. The van der Waals surface area contributed by atoms with E-state index in [0.717, 1.165) is 30.3 Å². The SMILES string of the molecule is COc1ccc(C(F)=CCCCCBr)cc1. The van der Waals surface area contributed by atoms with Crippen molar-refractivity contribution in [2.45, 2.75) is 19.3 Å². The maximum absolute atomic E-state index is 13.6. The van der Waals surface area contributed by atoms with Crippen molar-refractivity contribution in [1.29, 1.82) is 0 Å². The van der Waals surface area contributed by atoms with E-state index in [-0.39, 0.29) is 5.83 Å². The average Bonchev–Trinajstić information content (AvgIpc) is 2.34. The smallest absolute Gasteiger partial charge is 0.126 e. The molecule has 0 amide bonds.